The summed E-state index contributed by atoms with van der Waals surface area (Å²) in [6, 6.07) is 4.58. The van der Waals surface area contributed by atoms with E-state index in [4.69, 9.17) is 5.84 Å². The van der Waals surface area contributed by atoms with Crippen molar-refractivity contribution in [2.45, 2.75) is 32.4 Å². The molecule has 1 unspecified atom stereocenters. The SMILES string of the molecule is CCN1CCCC1CN(C)Cc1cc(NN)ccn1. The van der Waals surface area contributed by atoms with Gasteiger partial charge < -0.3 is 5.43 Å². The smallest absolute Gasteiger partial charge is 0.0564 e. The molecule has 0 aliphatic carbocycles. The van der Waals surface area contributed by atoms with Crippen molar-refractivity contribution in [2.24, 2.45) is 5.84 Å². The molecule has 3 N–H and O–H groups in total. The first-order chi connectivity index (χ1) is 9.22. The molecule has 19 heavy (non-hydrogen) atoms. The lowest BCUT2D eigenvalue weighted by Crippen LogP contribution is -2.38. The summed E-state index contributed by atoms with van der Waals surface area (Å²) in [4.78, 5) is 9.31. The second-order valence-electron chi connectivity index (χ2n) is 5.30. The first-order valence-corrected chi connectivity index (χ1v) is 7.07. The zero-order chi connectivity index (χ0) is 13.7. The number of pyridine rings is 1. The van der Waals surface area contributed by atoms with Crippen molar-refractivity contribution in [3.8, 4) is 0 Å². The minimum absolute atomic E-state index is 0.700. The predicted octanol–water partition coefficient (Wildman–Crippen LogP) is 1.28. The van der Waals surface area contributed by atoms with Gasteiger partial charge in [-0.25, -0.2) is 0 Å². The third-order valence-electron chi connectivity index (χ3n) is 3.84. The van der Waals surface area contributed by atoms with Gasteiger partial charge in [0.25, 0.3) is 0 Å². The number of nitrogens with one attached hydrogen (secondary N) is 1. The van der Waals surface area contributed by atoms with Crippen LogP contribution in [0.1, 0.15) is 25.5 Å². The highest BCUT2D eigenvalue weighted by Crippen LogP contribution is 2.18. The maximum atomic E-state index is 5.42. The quantitative estimate of drug-likeness (QED) is 0.598. The Balaban J connectivity index is 1.88. The summed E-state index contributed by atoms with van der Waals surface area (Å²) in [7, 11) is 2.16. The molecule has 0 aromatic carbocycles. The van der Waals surface area contributed by atoms with E-state index in [1.165, 1.54) is 19.4 Å². The van der Waals surface area contributed by atoms with Crippen molar-refractivity contribution in [2.75, 3.05) is 32.1 Å². The summed E-state index contributed by atoms with van der Waals surface area (Å²) in [5, 5.41) is 0. The van der Waals surface area contributed by atoms with Crippen LogP contribution in [0.3, 0.4) is 0 Å². The maximum absolute atomic E-state index is 5.42. The molecule has 5 heteroatoms. The lowest BCUT2D eigenvalue weighted by Gasteiger charge is -2.27. The van der Waals surface area contributed by atoms with Gasteiger partial charge in [0.15, 0.2) is 0 Å². The number of hydrogen-bond donors (Lipinski definition) is 2. The molecule has 1 aliphatic rings. The molecule has 1 atom stereocenters. The van der Waals surface area contributed by atoms with Crippen LogP contribution < -0.4 is 11.3 Å². The lowest BCUT2D eigenvalue weighted by molar-refractivity contribution is 0.194. The van der Waals surface area contributed by atoms with Gasteiger partial charge in [0.1, 0.15) is 0 Å². The highest BCUT2D eigenvalue weighted by molar-refractivity contribution is 5.41. The van der Waals surface area contributed by atoms with Crippen LogP contribution in [0.25, 0.3) is 0 Å². The van der Waals surface area contributed by atoms with E-state index >= 15 is 0 Å². The predicted molar refractivity (Wildman–Crippen MR) is 78.7 cm³/mol. The van der Waals surface area contributed by atoms with Gasteiger partial charge in [-0.3, -0.25) is 20.6 Å². The van der Waals surface area contributed by atoms with Crippen LogP contribution in [0.4, 0.5) is 5.69 Å². The van der Waals surface area contributed by atoms with Crippen LogP contribution in [-0.4, -0.2) is 47.5 Å². The Labute approximate surface area is 115 Å². The molecule has 0 radical (unpaired) electrons. The van der Waals surface area contributed by atoms with E-state index in [1.54, 1.807) is 6.20 Å². The monoisotopic (exact) mass is 263 g/mol. The summed E-state index contributed by atoms with van der Waals surface area (Å²) < 4.78 is 0. The van der Waals surface area contributed by atoms with E-state index in [1.807, 2.05) is 12.1 Å². The van der Waals surface area contributed by atoms with Crippen LogP contribution >= 0.6 is 0 Å². The van der Waals surface area contributed by atoms with Crippen molar-refractivity contribution in [3.63, 3.8) is 0 Å². The van der Waals surface area contributed by atoms with E-state index < -0.39 is 0 Å². The molecule has 1 aliphatic heterocycles. The number of likely N-dealkylation sites (N-methyl/N-ethyl adjacent to an activating group) is 2. The highest BCUT2D eigenvalue weighted by Gasteiger charge is 2.23. The first-order valence-electron chi connectivity index (χ1n) is 7.07. The van der Waals surface area contributed by atoms with E-state index in [0.29, 0.717) is 6.04 Å². The number of rotatable bonds is 6. The Kier molecular flexibility index (Phi) is 5.13. The summed E-state index contributed by atoms with van der Waals surface area (Å²) in [6.45, 7) is 6.62. The molecule has 0 spiro atoms. The number of likely N-dealkylation sites (tertiary alicyclic amines) is 1. The Morgan fingerprint density at radius 2 is 2.42 bits per heavy atom. The number of aromatic nitrogens is 1. The molecule has 0 bridgehead atoms. The molecule has 0 amide bonds. The number of anilines is 1. The Morgan fingerprint density at radius 1 is 1.58 bits per heavy atom. The molecule has 5 nitrogen and oxygen atoms in total. The molecule has 1 fully saturated rings. The highest BCUT2D eigenvalue weighted by atomic mass is 15.2. The standard InChI is InChI=1S/C14H25N5/c1-3-19-8-4-5-14(19)11-18(2)10-13-9-12(17-15)6-7-16-13/h6-7,9,14H,3-5,8,10-11,15H2,1-2H3,(H,16,17). The molecular weight excluding hydrogens is 238 g/mol. The molecule has 106 valence electrons. The van der Waals surface area contributed by atoms with Gasteiger partial charge in [0.2, 0.25) is 0 Å². The van der Waals surface area contributed by atoms with Crippen molar-refractivity contribution in [1.82, 2.24) is 14.8 Å². The van der Waals surface area contributed by atoms with Gasteiger partial charge in [-0.05, 0) is 45.1 Å². The Hall–Kier alpha value is -1.17. The number of hydrazine groups is 1. The second-order valence-corrected chi connectivity index (χ2v) is 5.30. The topological polar surface area (TPSA) is 57.4 Å². The summed E-state index contributed by atoms with van der Waals surface area (Å²) in [6.07, 6.45) is 4.44. The Bertz CT molecular complexity index is 395. The third-order valence-corrected chi connectivity index (χ3v) is 3.84. The molecular formula is C14H25N5. The van der Waals surface area contributed by atoms with E-state index in [2.05, 4.69) is 34.2 Å². The average molecular weight is 263 g/mol. The van der Waals surface area contributed by atoms with Crippen molar-refractivity contribution in [1.29, 1.82) is 0 Å². The first kappa shape index (κ1) is 14.2. The molecule has 0 saturated carbocycles. The van der Waals surface area contributed by atoms with Crippen LogP contribution in [0.5, 0.6) is 0 Å². The fraction of sp³-hybridized carbons (Fsp3) is 0.643. The third kappa shape index (κ3) is 3.89. The zero-order valence-corrected chi connectivity index (χ0v) is 12.0. The number of nitrogens with zero attached hydrogens (tertiary/aromatic N) is 3. The minimum atomic E-state index is 0.700. The van der Waals surface area contributed by atoms with Crippen LogP contribution in [0, 0.1) is 0 Å². The fourth-order valence-corrected chi connectivity index (χ4v) is 2.87. The molecule has 2 heterocycles. The molecule has 1 aromatic heterocycles. The number of hydrogen-bond acceptors (Lipinski definition) is 5. The fourth-order valence-electron chi connectivity index (χ4n) is 2.87. The van der Waals surface area contributed by atoms with E-state index in [9.17, 15) is 0 Å². The van der Waals surface area contributed by atoms with Crippen molar-refractivity contribution < 1.29 is 0 Å². The second kappa shape index (κ2) is 6.84. The normalized spacial score (nSPS) is 20.1. The number of nitrogens with two attached hydrogens (primary N) is 1. The maximum Gasteiger partial charge on any atom is 0.0564 e. The zero-order valence-electron chi connectivity index (χ0n) is 12.0. The van der Waals surface area contributed by atoms with Gasteiger partial charge in [0.05, 0.1) is 11.4 Å². The van der Waals surface area contributed by atoms with Crippen LogP contribution in [0.2, 0.25) is 0 Å². The van der Waals surface area contributed by atoms with E-state index in [-0.39, 0.29) is 0 Å². The summed E-state index contributed by atoms with van der Waals surface area (Å²) in [5.41, 5.74) is 4.63. The lowest BCUT2D eigenvalue weighted by atomic mass is 10.2. The average Bonchev–Trinajstić information content (AvgIpc) is 2.86. The molecule has 1 saturated heterocycles. The van der Waals surface area contributed by atoms with Crippen molar-refractivity contribution in [3.05, 3.63) is 24.0 Å². The Morgan fingerprint density at radius 3 is 3.16 bits per heavy atom. The van der Waals surface area contributed by atoms with Gasteiger partial charge in [-0.2, -0.15) is 0 Å². The molecule has 2 rings (SSSR count). The van der Waals surface area contributed by atoms with Crippen molar-refractivity contribution >= 4 is 5.69 Å². The summed E-state index contributed by atoms with van der Waals surface area (Å²) in [5.74, 6) is 5.42. The molecule has 1 aromatic rings. The van der Waals surface area contributed by atoms with Gasteiger partial charge in [0, 0.05) is 25.3 Å². The number of nitrogen functional groups attached to an aromatic ring is 1. The largest absolute Gasteiger partial charge is 0.324 e. The van der Waals surface area contributed by atoms with Gasteiger partial charge >= 0.3 is 0 Å². The van der Waals surface area contributed by atoms with Gasteiger partial charge in [-0.1, -0.05) is 6.92 Å². The van der Waals surface area contributed by atoms with Crippen LogP contribution in [-0.2, 0) is 6.54 Å². The summed E-state index contributed by atoms with van der Waals surface area (Å²) >= 11 is 0. The van der Waals surface area contributed by atoms with E-state index in [0.717, 1.165) is 31.0 Å². The minimum Gasteiger partial charge on any atom is -0.324 e. The van der Waals surface area contributed by atoms with Crippen LogP contribution in [0.15, 0.2) is 18.3 Å². The van der Waals surface area contributed by atoms with Gasteiger partial charge in [-0.15, -0.1) is 0 Å².